The van der Waals surface area contributed by atoms with Gasteiger partial charge in [-0.05, 0) is 25.7 Å². The summed E-state index contributed by atoms with van der Waals surface area (Å²) in [7, 11) is 0. The Kier molecular flexibility index (Phi) is 17.6. The molecule has 2 heterocycles. The van der Waals surface area contributed by atoms with E-state index in [-0.39, 0.29) is 72.7 Å². The molecule has 0 radical (unpaired) electrons. The Balaban J connectivity index is 0.00000364. The molecule has 2 aliphatic rings. The standard InChI is InChI=1S/C20H40N2O4.2HI/c1-5-15(6-2)21-11-17-13-23-19(25-17)9-10-20-24-14-18(26-20)12-22-16(7-3)8-4;;/h15-22H,5-14H2,1-4H3;2*1H. The number of ether oxygens (including phenoxy) is 4. The molecule has 28 heavy (non-hydrogen) atoms. The van der Waals surface area contributed by atoms with Crippen molar-refractivity contribution in [3.8, 4) is 0 Å². The fourth-order valence-corrected chi connectivity index (χ4v) is 3.77. The fourth-order valence-electron chi connectivity index (χ4n) is 3.77. The Labute approximate surface area is 206 Å². The van der Waals surface area contributed by atoms with Crippen LogP contribution in [0.5, 0.6) is 0 Å². The van der Waals surface area contributed by atoms with Crippen molar-refractivity contribution < 1.29 is 77.5 Å². The van der Waals surface area contributed by atoms with Gasteiger partial charge in [-0.1, -0.05) is 27.7 Å². The molecule has 0 spiro atoms. The molecular weight excluding hydrogens is 586 g/mol. The molecule has 2 rings (SSSR count). The molecule has 0 saturated carbocycles. The molecule has 2 saturated heterocycles. The van der Waals surface area contributed by atoms with Gasteiger partial charge >= 0.3 is 0 Å². The van der Waals surface area contributed by atoms with E-state index in [0.717, 1.165) is 25.9 Å². The van der Waals surface area contributed by atoms with E-state index in [1.165, 1.54) is 25.7 Å². The minimum Gasteiger partial charge on any atom is -1.00 e. The van der Waals surface area contributed by atoms with Gasteiger partial charge in [-0.3, -0.25) is 0 Å². The maximum absolute atomic E-state index is 6.02. The predicted molar refractivity (Wildman–Crippen MR) is 101 cm³/mol. The molecule has 0 bridgehead atoms. The summed E-state index contributed by atoms with van der Waals surface area (Å²) in [5.74, 6) is 0. The van der Waals surface area contributed by atoms with Crippen molar-refractivity contribution in [2.24, 2.45) is 0 Å². The lowest BCUT2D eigenvalue weighted by Crippen LogP contribution is -3.00. The molecular formula is C20H42I2N2O4. The molecule has 0 aliphatic carbocycles. The minimum atomic E-state index is -0.0996. The number of rotatable bonds is 13. The number of quaternary nitrogens is 2. The molecule has 2 aliphatic heterocycles. The lowest BCUT2D eigenvalue weighted by molar-refractivity contribution is -0.695. The highest BCUT2D eigenvalue weighted by molar-refractivity contribution is 4.68. The van der Waals surface area contributed by atoms with Gasteiger partial charge in [0.05, 0.1) is 25.3 Å². The molecule has 0 aromatic rings. The summed E-state index contributed by atoms with van der Waals surface area (Å²) in [5, 5.41) is 4.81. The first kappa shape index (κ1) is 29.2. The van der Waals surface area contributed by atoms with Crippen LogP contribution < -0.4 is 58.6 Å². The number of nitrogens with two attached hydrogens (primary N) is 2. The van der Waals surface area contributed by atoms with Gasteiger partial charge in [0, 0.05) is 12.8 Å². The van der Waals surface area contributed by atoms with Crippen LogP contribution in [-0.4, -0.2) is 63.2 Å². The maximum atomic E-state index is 6.02. The Morgan fingerprint density at radius 3 is 1.36 bits per heavy atom. The predicted octanol–water partition coefficient (Wildman–Crippen LogP) is -5.24. The zero-order valence-electron chi connectivity index (χ0n) is 18.1. The first-order valence-electron chi connectivity index (χ1n) is 10.9. The largest absolute Gasteiger partial charge is 1.00 e. The van der Waals surface area contributed by atoms with Crippen LogP contribution in [0.1, 0.15) is 66.2 Å². The first-order valence-corrected chi connectivity index (χ1v) is 10.9. The van der Waals surface area contributed by atoms with Crippen LogP contribution in [0, 0.1) is 0 Å². The van der Waals surface area contributed by atoms with Crippen molar-refractivity contribution in [2.75, 3.05) is 26.3 Å². The molecule has 0 aromatic heterocycles. The molecule has 0 aromatic carbocycles. The van der Waals surface area contributed by atoms with Gasteiger partial charge < -0.3 is 77.5 Å². The van der Waals surface area contributed by atoms with Crippen molar-refractivity contribution in [3.05, 3.63) is 0 Å². The van der Waals surface area contributed by atoms with Crippen molar-refractivity contribution in [1.29, 1.82) is 0 Å². The van der Waals surface area contributed by atoms with Gasteiger partial charge in [-0.25, -0.2) is 0 Å². The summed E-state index contributed by atoms with van der Waals surface area (Å²) in [6.07, 6.45) is 6.75. The summed E-state index contributed by atoms with van der Waals surface area (Å²) < 4.78 is 23.7. The van der Waals surface area contributed by atoms with Gasteiger partial charge in [0.25, 0.3) is 0 Å². The smallest absolute Gasteiger partial charge is 0.158 e. The van der Waals surface area contributed by atoms with Crippen LogP contribution in [-0.2, 0) is 18.9 Å². The third-order valence-electron chi connectivity index (χ3n) is 5.82. The molecule has 4 unspecified atom stereocenters. The highest BCUT2D eigenvalue weighted by atomic mass is 127. The quantitative estimate of drug-likeness (QED) is 0.200. The van der Waals surface area contributed by atoms with Crippen molar-refractivity contribution >= 4 is 0 Å². The molecule has 170 valence electrons. The van der Waals surface area contributed by atoms with E-state index >= 15 is 0 Å². The lowest BCUT2D eigenvalue weighted by Gasteiger charge is -2.16. The summed E-state index contributed by atoms with van der Waals surface area (Å²) in [6.45, 7) is 12.4. The average Bonchev–Trinajstić information content (AvgIpc) is 3.31. The summed E-state index contributed by atoms with van der Waals surface area (Å²) >= 11 is 0. The summed E-state index contributed by atoms with van der Waals surface area (Å²) in [4.78, 5) is 0. The second-order valence-electron chi connectivity index (χ2n) is 7.72. The number of halogens is 2. The zero-order valence-corrected chi connectivity index (χ0v) is 22.4. The average molecular weight is 628 g/mol. The normalized spacial score (nSPS) is 27.2. The van der Waals surface area contributed by atoms with Crippen LogP contribution in [0.3, 0.4) is 0 Å². The van der Waals surface area contributed by atoms with E-state index in [1.807, 2.05) is 0 Å². The van der Waals surface area contributed by atoms with Crippen LogP contribution in [0.4, 0.5) is 0 Å². The van der Waals surface area contributed by atoms with Crippen molar-refractivity contribution in [2.45, 2.75) is 103 Å². The molecule has 4 atom stereocenters. The Bertz CT molecular complexity index is 340. The second-order valence-corrected chi connectivity index (χ2v) is 7.72. The van der Waals surface area contributed by atoms with E-state index in [4.69, 9.17) is 18.9 Å². The van der Waals surface area contributed by atoms with E-state index < -0.39 is 0 Å². The molecule has 8 heteroatoms. The molecule has 4 N–H and O–H groups in total. The molecule has 0 amide bonds. The molecule has 2 fully saturated rings. The lowest BCUT2D eigenvalue weighted by atomic mass is 10.1. The third-order valence-corrected chi connectivity index (χ3v) is 5.82. The van der Waals surface area contributed by atoms with Crippen molar-refractivity contribution in [1.82, 2.24) is 0 Å². The van der Waals surface area contributed by atoms with Gasteiger partial charge in [0.1, 0.15) is 25.3 Å². The van der Waals surface area contributed by atoms with E-state index in [9.17, 15) is 0 Å². The topological polar surface area (TPSA) is 70.1 Å². The Hall–Kier alpha value is 1.22. The minimum absolute atomic E-state index is 0. The zero-order chi connectivity index (χ0) is 18.8. The van der Waals surface area contributed by atoms with E-state index in [0.29, 0.717) is 25.3 Å². The van der Waals surface area contributed by atoms with Crippen LogP contribution in [0.2, 0.25) is 0 Å². The van der Waals surface area contributed by atoms with Gasteiger partial charge in [0.15, 0.2) is 12.6 Å². The maximum Gasteiger partial charge on any atom is 0.158 e. The highest BCUT2D eigenvalue weighted by Crippen LogP contribution is 2.21. The number of hydrogen-bond acceptors (Lipinski definition) is 4. The van der Waals surface area contributed by atoms with Crippen LogP contribution >= 0.6 is 0 Å². The Morgan fingerprint density at radius 2 is 1.04 bits per heavy atom. The SMILES string of the molecule is CCC(CC)[NH2+]CC1COC(CCC2OCC(C[NH2+]C(CC)CC)O2)O1.[I-].[I-]. The third kappa shape index (κ3) is 10.5. The van der Waals surface area contributed by atoms with Gasteiger partial charge in [-0.2, -0.15) is 0 Å². The fraction of sp³-hybridized carbons (Fsp3) is 1.00. The van der Waals surface area contributed by atoms with Crippen molar-refractivity contribution in [3.63, 3.8) is 0 Å². The van der Waals surface area contributed by atoms with Crippen LogP contribution in [0.15, 0.2) is 0 Å². The van der Waals surface area contributed by atoms with E-state index in [1.54, 1.807) is 0 Å². The highest BCUT2D eigenvalue weighted by Gasteiger charge is 2.32. The molecule has 6 nitrogen and oxygen atoms in total. The summed E-state index contributed by atoms with van der Waals surface area (Å²) in [5.41, 5.74) is 0. The first-order chi connectivity index (χ1) is 12.7. The van der Waals surface area contributed by atoms with E-state index in [2.05, 4.69) is 38.3 Å². The van der Waals surface area contributed by atoms with Gasteiger partial charge in [0.2, 0.25) is 0 Å². The summed E-state index contributed by atoms with van der Waals surface area (Å²) in [6, 6.07) is 1.40. The number of hydrogen-bond donors (Lipinski definition) is 2. The van der Waals surface area contributed by atoms with Crippen LogP contribution in [0.25, 0.3) is 0 Å². The monoisotopic (exact) mass is 628 g/mol. The Morgan fingerprint density at radius 1 is 0.679 bits per heavy atom. The second kappa shape index (κ2) is 16.9. The van der Waals surface area contributed by atoms with Gasteiger partial charge in [-0.15, -0.1) is 0 Å².